The summed E-state index contributed by atoms with van der Waals surface area (Å²) in [5, 5.41) is 12.5. The van der Waals surface area contributed by atoms with E-state index < -0.39 is 0 Å². The normalized spacial score (nSPS) is 21.0. The van der Waals surface area contributed by atoms with E-state index in [1.807, 2.05) is 39.2 Å². The molecule has 1 aliphatic rings. The van der Waals surface area contributed by atoms with Gasteiger partial charge in [-0.3, -0.25) is 13.9 Å². The summed E-state index contributed by atoms with van der Waals surface area (Å²) in [5.41, 5.74) is 4.42. The Morgan fingerprint density at radius 3 is 2.47 bits per heavy atom. The zero-order chi connectivity index (χ0) is 23.6. The van der Waals surface area contributed by atoms with Crippen LogP contribution in [0.1, 0.15) is 32.7 Å². The zero-order valence-corrected chi connectivity index (χ0v) is 19.3. The van der Waals surface area contributed by atoms with E-state index in [1.54, 1.807) is 33.4 Å². The van der Waals surface area contributed by atoms with Crippen molar-refractivity contribution in [2.75, 3.05) is 0 Å². The Kier molecular flexibility index (Phi) is 4.63. The number of nitrogens with zero attached hydrogens (tertiary/aromatic N) is 8. The molecule has 5 aromatic rings. The Labute approximate surface area is 194 Å². The molecule has 0 aromatic carbocycles. The number of hydrogen-bond donors (Lipinski definition) is 0. The van der Waals surface area contributed by atoms with Crippen LogP contribution in [-0.2, 0) is 18.8 Å². The van der Waals surface area contributed by atoms with Gasteiger partial charge in [-0.1, -0.05) is 5.21 Å². The molecule has 1 aliphatic heterocycles. The van der Waals surface area contributed by atoms with E-state index >= 15 is 0 Å². The molecule has 1 saturated heterocycles. The van der Waals surface area contributed by atoms with Crippen molar-refractivity contribution >= 4 is 22.2 Å². The maximum Gasteiger partial charge on any atom is 0.349 e. The van der Waals surface area contributed by atoms with Crippen molar-refractivity contribution in [2.45, 2.75) is 44.9 Å². The molecule has 5 aromatic heterocycles. The summed E-state index contributed by atoms with van der Waals surface area (Å²) >= 11 is 0. The monoisotopic (exact) mass is 460 g/mol. The first-order chi connectivity index (χ1) is 16.4. The quantitative estimate of drug-likeness (QED) is 0.403. The molecule has 11 nitrogen and oxygen atoms in total. The van der Waals surface area contributed by atoms with Gasteiger partial charge in [-0.2, -0.15) is 10.1 Å². The minimum Gasteiger partial charge on any atom is -0.450 e. The lowest BCUT2D eigenvalue weighted by molar-refractivity contribution is -0.0486. The second-order valence-corrected chi connectivity index (χ2v) is 9.00. The molecule has 0 aliphatic carbocycles. The summed E-state index contributed by atoms with van der Waals surface area (Å²) < 4.78 is 17.3. The highest BCUT2D eigenvalue weighted by molar-refractivity contribution is 6.05. The minimum atomic E-state index is -0.341. The number of rotatable bonds is 3. The van der Waals surface area contributed by atoms with Gasteiger partial charge in [0, 0.05) is 31.9 Å². The first kappa shape index (κ1) is 20.7. The molecular weight excluding hydrogens is 436 g/mol. The van der Waals surface area contributed by atoms with Crippen molar-refractivity contribution in [3.63, 3.8) is 0 Å². The molecule has 0 amide bonds. The summed E-state index contributed by atoms with van der Waals surface area (Å²) in [6.07, 6.45) is 6.73. The number of aryl methyl sites for hydroxylation is 2. The average Bonchev–Trinajstić information content (AvgIpc) is 3.50. The lowest BCUT2D eigenvalue weighted by Gasteiger charge is -2.33. The molecule has 6 rings (SSSR count). The van der Waals surface area contributed by atoms with Crippen molar-refractivity contribution in [3.05, 3.63) is 41.2 Å². The fraction of sp³-hybridized carbons (Fsp3) is 0.391. The van der Waals surface area contributed by atoms with Crippen LogP contribution in [0.25, 0.3) is 44.8 Å². The van der Waals surface area contributed by atoms with Crippen LogP contribution >= 0.6 is 0 Å². The van der Waals surface area contributed by atoms with E-state index in [0.717, 1.165) is 0 Å². The summed E-state index contributed by atoms with van der Waals surface area (Å²) in [7, 11) is 3.62. The number of ether oxygens (including phenoxy) is 1. The van der Waals surface area contributed by atoms with Crippen LogP contribution in [0.2, 0.25) is 0 Å². The summed E-state index contributed by atoms with van der Waals surface area (Å²) in [5.74, 6) is 0. The standard InChI is InChI=1S/C23H24N8O3/c1-12-7-15(8-13(2)33-12)31-21-20-18(6-5-16(25-20)17-11-30(4)28-27-17)34-22(21)19(26-23(31)32)14-9-24-29(3)10-14/h5-6,9-13,15H,7-8H2,1-4H3. The van der Waals surface area contributed by atoms with E-state index in [0.29, 0.717) is 57.7 Å². The first-order valence-electron chi connectivity index (χ1n) is 11.2. The summed E-state index contributed by atoms with van der Waals surface area (Å²) in [6.45, 7) is 4.06. The van der Waals surface area contributed by atoms with Crippen molar-refractivity contribution < 1.29 is 9.15 Å². The Hall–Kier alpha value is -3.86. The van der Waals surface area contributed by atoms with Gasteiger partial charge in [0.05, 0.1) is 30.3 Å². The van der Waals surface area contributed by atoms with E-state index in [1.165, 1.54) is 0 Å². The fourth-order valence-corrected chi connectivity index (χ4v) is 4.91. The highest BCUT2D eigenvalue weighted by Gasteiger charge is 2.31. The Bertz CT molecular complexity index is 1580. The van der Waals surface area contributed by atoms with Crippen molar-refractivity contribution in [1.29, 1.82) is 0 Å². The van der Waals surface area contributed by atoms with E-state index in [-0.39, 0.29) is 23.9 Å². The molecule has 0 N–H and O–H groups in total. The second kappa shape index (κ2) is 7.59. The van der Waals surface area contributed by atoms with E-state index in [9.17, 15) is 4.79 Å². The number of furan rings is 1. The van der Waals surface area contributed by atoms with Crippen LogP contribution in [0.3, 0.4) is 0 Å². The predicted octanol–water partition coefficient (Wildman–Crippen LogP) is 2.86. The fourth-order valence-electron chi connectivity index (χ4n) is 4.91. The van der Waals surface area contributed by atoms with Crippen molar-refractivity contribution in [3.8, 4) is 22.6 Å². The molecule has 2 unspecified atom stereocenters. The first-order valence-corrected chi connectivity index (χ1v) is 11.2. The molecule has 6 heterocycles. The molecule has 34 heavy (non-hydrogen) atoms. The van der Waals surface area contributed by atoms with Crippen LogP contribution in [0.5, 0.6) is 0 Å². The molecule has 11 heteroatoms. The number of hydrogen-bond acceptors (Lipinski definition) is 8. The van der Waals surface area contributed by atoms with Gasteiger partial charge >= 0.3 is 5.69 Å². The SMILES string of the molecule is CC1CC(n2c(=O)nc(-c3cnn(C)c3)c3oc4ccc(-c5cn(C)nn5)nc4c32)CC(C)O1. The van der Waals surface area contributed by atoms with Crippen LogP contribution in [0.4, 0.5) is 0 Å². The molecule has 174 valence electrons. The predicted molar refractivity (Wildman–Crippen MR) is 124 cm³/mol. The second-order valence-electron chi connectivity index (χ2n) is 9.00. The topological polar surface area (TPSA) is 119 Å². The summed E-state index contributed by atoms with van der Waals surface area (Å²) in [4.78, 5) is 22.9. The van der Waals surface area contributed by atoms with Crippen molar-refractivity contribution in [1.82, 2.24) is 39.3 Å². The third-order valence-corrected chi connectivity index (χ3v) is 6.26. The van der Waals surface area contributed by atoms with E-state index in [4.69, 9.17) is 14.1 Å². The van der Waals surface area contributed by atoms with Crippen LogP contribution in [0.15, 0.2) is 39.9 Å². The van der Waals surface area contributed by atoms with Crippen LogP contribution in [-0.4, -0.2) is 51.5 Å². The molecule has 2 atom stereocenters. The number of pyridine rings is 1. The Morgan fingerprint density at radius 1 is 1.00 bits per heavy atom. The molecule has 0 saturated carbocycles. The van der Waals surface area contributed by atoms with Gasteiger partial charge in [-0.15, -0.1) is 5.10 Å². The maximum absolute atomic E-state index is 13.5. The number of fused-ring (bicyclic) bond motifs is 3. The molecular formula is C23H24N8O3. The smallest absolute Gasteiger partial charge is 0.349 e. The lowest BCUT2D eigenvalue weighted by atomic mass is 9.99. The van der Waals surface area contributed by atoms with Crippen molar-refractivity contribution in [2.24, 2.45) is 14.1 Å². The van der Waals surface area contributed by atoms with Gasteiger partial charge < -0.3 is 9.15 Å². The Balaban J connectivity index is 1.67. The highest BCUT2D eigenvalue weighted by atomic mass is 16.5. The van der Waals surface area contributed by atoms with Gasteiger partial charge in [0.15, 0.2) is 11.2 Å². The molecule has 0 spiro atoms. The van der Waals surface area contributed by atoms with Gasteiger partial charge in [0.2, 0.25) is 0 Å². The maximum atomic E-state index is 13.5. The van der Waals surface area contributed by atoms with Crippen LogP contribution in [0, 0.1) is 0 Å². The van der Waals surface area contributed by atoms with Crippen LogP contribution < -0.4 is 5.69 Å². The third-order valence-electron chi connectivity index (χ3n) is 6.26. The summed E-state index contributed by atoms with van der Waals surface area (Å²) in [6, 6.07) is 3.60. The lowest BCUT2D eigenvalue weighted by Crippen LogP contribution is -2.36. The molecule has 1 fully saturated rings. The van der Waals surface area contributed by atoms with Gasteiger partial charge in [0.25, 0.3) is 0 Å². The highest BCUT2D eigenvalue weighted by Crippen LogP contribution is 2.37. The van der Waals surface area contributed by atoms with Gasteiger partial charge in [-0.25, -0.2) is 9.78 Å². The van der Waals surface area contributed by atoms with E-state index in [2.05, 4.69) is 20.4 Å². The third kappa shape index (κ3) is 3.31. The van der Waals surface area contributed by atoms with Gasteiger partial charge in [0.1, 0.15) is 22.4 Å². The van der Waals surface area contributed by atoms with Gasteiger partial charge in [-0.05, 0) is 38.8 Å². The minimum absolute atomic E-state index is 0.0231. The molecule has 0 radical (unpaired) electrons. The number of aromatic nitrogens is 8. The largest absolute Gasteiger partial charge is 0.450 e. The Morgan fingerprint density at radius 2 is 1.79 bits per heavy atom. The average molecular weight is 460 g/mol. The zero-order valence-electron chi connectivity index (χ0n) is 19.3. The molecule has 0 bridgehead atoms.